The molecule has 0 amide bonds. The Kier molecular flexibility index (Phi) is 9.23. The maximum absolute atomic E-state index is 5.79. The van der Waals surface area contributed by atoms with Gasteiger partial charge in [0, 0.05) is 33.8 Å². The van der Waals surface area contributed by atoms with Crippen molar-refractivity contribution in [1.29, 1.82) is 0 Å². The van der Waals surface area contributed by atoms with Crippen LogP contribution in [0.5, 0.6) is 5.75 Å². The van der Waals surface area contributed by atoms with E-state index < -0.39 is 0 Å². The minimum absolute atomic E-state index is 0.285. The van der Waals surface area contributed by atoms with Crippen molar-refractivity contribution in [2.75, 3.05) is 34.4 Å². The third-order valence-corrected chi connectivity index (χ3v) is 3.99. The highest BCUT2D eigenvalue weighted by molar-refractivity contribution is 5.79. The molecule has 1 rings (SSSR count). The fourth-order valence-electron chi connectivity index (χ4n) is 2.61. The fourth-order valence-corrected chi connectivity index (χ4v) is 2.61. The average molecular weight is 335 g/mol. The summed E-state index contributed by atoms with van der Waals surface area (Å²) in [6.07, 6.45) is 1.26. The highest BCUT2D eigenvalue weighted by Crippen LogP contribution is 2.13. The van der Waals surface area contributed by atoms with E-state index in [1.807, 2.05) is 33.2 Å². The molecular formula is C19H33N3O2. The number of benzene rings is 1. The van der Waals surface area contributed by atoms with Crippen molar-refractivity contribution in [3.63, 3.8) is 0 Å². The van der Waals surface area contributed by atoms with Crippen LogP contribution in [-0.2, 0) is 11.3 Å². The zero-order valence-corrected chi connectivity index (χ0v) is 16.0. The second kappa shape index (κ2) is 10.9. The molecule has 0 aliphatic heterocycles. The van der Waals surface area contributed by atoms with Gasteiger partial charge < -0.3 is 19.7 Å². The summed E-state index contributed by atoms with van der Waals surface area (Å²) in [5.74, 6) is 2.29. The van der Waals surface area contributed by atoms with Crippen LogP contribution in [0.2, 0.25) is 0 Å². The second-order valence-electron chi connectivity index (χ2n) is 6.20. The van der Waals surface area contributed by atoms with Crippen molar-refractivity contribution in [1.82, 2.24) is 10.2 Å². The molecular weight excluding hydrogens is 302 g/mol. The zero-order chi connectivity index (χ0) is 17.9. The van der Waals surface area contributed by atoms with Crippen molar-refractivity contribution in [2.45, 2.75) is 39.8 Å². The SMILES string of the molecule is CCOC(CCNC(=NC)N(C)Cc1ccc(OC)cc1)C(C)C. The number of guanidine groups is 1. The molecule has 0 bridgehead atoms. The Labute approximate surface area is 147 Å². The van der Waals surface area contributed by atoms with Crippen LogP contribution >= 0.6 is 0 Å². The van der Waals surface area contributed by atoms with E-state index in [-0.39, 0.29) is 6.10 Å². The maximum Gasteiger partial charge on any atom is 0.193 e. The zero-order valence-electron chi connectivity index (χ0n) is 16.0. The normalized spacial score (nSPS) is 13.0. The van der Waals surface area contributed by atoms with E-state index in [2.05, 4.69) is 41.2 Å². The van der Waals surface area contributed by atoms with Gasteiger partial charge in [0.25, 0.3) is 0 Å². The van der Waals surface area contributed by atoms with E-state index in [1.165, 1.54) is 5.56 Å². The van der Waals surface area contributed by atoms with E-state index >= 15 is 0 Å². The summed E-state index contributed by atoms with van der Waals surface area (Å²) in [6.45, 7) is 8.85. The molecule has 1 N–H and O–H groups in total. The van der Waals surface area contributed by atoms with Crippen LogP contribution in [0, 0.1) is 5.92 Å². The number of aliphatic imine (C=N–C) groups is 1. The van der Waals surface area contributed by atoms with Crippen LogP contribution < -0.4 is 10.1 Å². The number of hydrogen-bond donors (Lipinski definition) is 1. The first-order chi connectivity index (χ1) is 11.5. The van der Waals surface area contributed by atoms with Gasteiger partial charge >= 0.3 is 0 Å². The van der Waals surface area contributed by atoms with Crippen LogP contribution in [0.25, 0.3) is 0 Å². The number of nitrogens with one attached hydrogen (secondary N) is 1. The van der Waals surface area contributed by atoms with Crippen LogP contribution in [0.3, 0.4) is 0 Å². The minimum Gasteiger partial charge on any atom is -0.497 e. The lowest BCUT2D eigenvalue weighted by molar-refractivity contribution is 0.0257. The molecule has 0 aromatic heterocycles. The van der Waals surface area contributed by atoms with Gasteiger partial charge in [-0.05, 0) is 37.0 Å². The van der Waals surface area contributed by atoms with Gasteiger partial charge in [-0.15, -0.1) is 0 Å². The molecule has 24 heavy (non-hydrogen) atoms. The van der Waals surface area contributed by atoms with Gasteiger partial charge in [-0.1, -0.05) is 26.0 Å². The Morgan fingerprint density at radius 1 is 1.25 bits per heavy atom. The molecule has 0 saturated heterocycles. The molecule has 1 aromatic rings. The smallest absolute Gasteiger partial charge is 0.193 e. The third kappa shape index (κ3) is 6.79. The van der Waals surface area contributed by atoms with Crippen molar-refractivity contribution >= 4 is 5.96 Å². The van der Waals surface area contributed by atoms with Crippen LogP contribution in [0.1, 0.15) is 32.8 Å². The molecule has 0 heterocycles. The molecule has 1 unspecified atom stereocenters. The van der Waals surface area contributed by atoms with Crippen LogP contribution in [0.15, 0.2) is 29.3 Å². The Hall–Kier alpha value is -1.75. The lowest BCUT2D eigenvalue weighted by atomic mass is 10.0. The van der Waals surface area contributed by atoms with E-state index in [4.69, 9.17) is 9.47 Å². The monoisotopic (exact) mass is 335 g/mol. The molecule has 136 valence electrons. The highest BCUT2D eigenvalue weighted by Gasteiger charge is 2.14. The van der Waals surface area contributed by atoms with Crippen molar-refractivity contribution < 1.29 is 9.47 Å². The number of nitrogens with zero attached hydrogens (tertiary/aromatic N) is 2. The third-order valence-electron chi connectivity index (χ3n) is 3.99. The summed E-state index contributed by atoms with van der Waals surface area (Å²) in [4.78, 5) is 6.49. The molecule has 0 aliphatic rings. The lowest BCUT2D eigenvalue weighted by Gasteiger charge is -2.25. The lowest BCUT2D eigenvalue weighted by Crippen LogP contribution is -2.40. The van der Waals surface area contributed by atoms with Gasteiger partial charge in [0.05, 0.1) is 13.2 Å². The van der Waals surface area contributed by atoms with Gasteiger partial charge in [-0.2, -0.15) is 0 Å². The standard InChI is InChI=1S/C19H33N3O2/c1-7-24-18(15(2)3)12-13-21-19(20-4)22(5)14-16-8-10-17(23-6)11-9-16/h8-11,15,18H,7,12-14H2,1-6H3,(H,20,21). The summed E-state index contributed by atoms with van der Waals surface area (Å²) in [7, 11) is 5.54. The van der Waals surface area contributed by atoms with Gasteiger partial charge in [-0.25, -0.2) is 0 Å². The molecule has 0 aliphatic carbocycles. The van der Waals surface area contributed by atoms with E-state index in [0.29, 0.717) is 5.92 Å². The minimum atomic E-state index is 0.285. The topological polar surface area (TPSA) is 46.1 Å². The van der Waals surface area contributed by atoms with Crippen LogP contribution in [0.4, 0.5) is 0 Å². The van der Waals surface area contributed by atoms with Gasteiger partial charge in [0.1, 0.15) is 5.75 Å². The second-order valence-corrected chi connectivity index (χ2v) is 6.20. The number of hydrogen-bond acceptors (Lipinski definition) is 3. The summed E-state index contributed by atoms with van der Waals surface area (Å²) in [5, 5.41) is 3.43. The quantitative estimate of drug-likeness (QED) is 0.556. The number of ether oxygens (including phenoxy) is 2. The highest BCUT2D eigenvalue weighted by atomic mass is 16.5. The average Bonchev–Trinajstić information content (AvgIpc) is 2.58. The Morgan fingerprint density at radius 2 is 1.92 bits per heavy atom. The Morgan fingerprint density at radius 3 is 2.42 bits per heavy atom. The summed E-state index contributed by atoms with van der Waals surface area (Å²) < 4.78 is 11.0. The van der Waals surface area contributed by atoms with Gasteiger partial charge in [-0.3, -0.25) is 4.99 Å². The number of rotatable bonds is 9. The largest absolute Gasteiger partial charge is 0.497 e. The van der Waals surface area contributed by atoms with Crippen molar-refractivity contribution in [3.05, 3.63) is 29.8 Å². The Bertz CT molecular complexity index is 486. The van der Waals surface area contributed by atoms with Gasteiger partial charge in [0.15, 0.2) is 5.96 Å². The predicted molar refractivity (Wildman–Crippen MR) is 101 cm³/mol. The van der Waals surface area contributed by atoms with Crippen molar-refractivity contribution in [2.24, 2.45) is 10.9 Å². The van der Waals surface area contributed by atoms with E-state index in [1.54, 1.807) is 7.11 Å². The molecule has 0 saturated carbocycles. The molecule has 0 spiro atoms. The summed E-state index contributed by atoms with van der Waals surface area (Å²) in [5.41, 5.74) is 1.22. The maximum atomic E-state index is 5.79. The first-order valence-corrected chi connectivity index (χ1v) is 8.68. The molecule has 0 fully saturated rings. The van der Waals surface area contributed by atoms with Crippen molar-refractivity contribution in [3.8, 4) is 5.75 Å². The molecule has 5 nitrogen and oxygen atoms in total. The predicted octanol–water partition coefficient (Wildman–Crippen LogP) is 3.15. The first kappa shape index (κ1) is 20.3. The molecule has 1 aromatic carbocycles. The molecule has 0 radical (unpaired) electrons. The molecule has 1 atom stereocenters. The van der Waals surface area contributed by atoms with E-state index in [0.717, 1.165) is 37.8 Å². The van der Waals surface area contributed by atoms with Crippen LogP contribution in [-0.4, -0.2) is 51.3 Å². The first-order valence-electron chi connectivity index (χ1n) is 8.68. The summed E-state index contributed by atoms with van der Waals surface area (Å²) >= 11 is 0. The summed E-state index contributed by atoms with van der Waals surface area (Å²) in [6, 6.07) is 8.11. The molecule has 5 heteroatoms. The Balaban J connectivity index is 2.49. The van der Waals surface area contributed by atoms with Gasteiger partial charge in [0.2, 0.25) is 0 Å². The fraction of sp³-hybridized carbons (Fsp3) is 0.632. The van der Waals surface area contributed by atoms with E-state index in [9.17, 15) is 0 Å². The number of methoxy groups -OCH3 is 1.